The quantitative estimate of drug-likeness (QED) is 0.571. The van der Waals surface area contributed by atoms with E-state index >= 15 is 0 Å². The van der Waals surface area contributed by atoms with E-state index in [-0.39, 0.29) is 5.78 Å². The Hall–Kier alpha value is -1.76. The second-order valence-electron chi connectivity index (χ2n) is 4.22. The average Bonchev–Trinajstić information content (AvgIpc) is 2.53. The van der Waals surface area contributed by atoms with Crippen LogP contribution in [-0.4, -0.2) is 27.1 Å². The third-order valence-corrected chi connectivity index (χ3v) is 3.77. The molecule has 0 aliphatic rings. The maximum Gasteiger partial charge on any atom is 0.204 e. The zero-order valence-corrected chi connectivity index (χ0v) is 14.1. The minimum absolute atomic E-state index is 0.121. The van der Waals surface area contributed by atoms with E-state index in [0.717, 1.165) is 3.57 Å². The minimum Gasteiger partial charge on any atom is -0.493 e. The van der Waals surface area contributed by atoms with Crippen molar-refractivity contribution in [2.45, 2.75) is 0 Å². The fraction of sp³-hybridized carbons (Fsp3) is 0.188. The second-order valence-corrected chi connectivity index (χ2v) is 5.46. The molecule has 2 rings (SSSR count). The summed E-state index contributed by atoms with van der Waals surface area (Å²) in [5.74, 6) is 1.19. The van der Waals surface area contributed by atoms with E-state index in [1.807, 2.05) is 12.1 Å². The van der Waals surface area contributed by atoms with E-state index in [2.05, 4.69) is 22.6 Å². The van der Waals surface area contributed by atoms with Gasteiger partial charge in [-0.15, -0.1) is 0 Å². The van der Waals surface area contributed by atoms with Gasteiger partial charge in [-0.25, -0.2) is 0 Å². The summed E-state index contributed by atoms with van der Waals surface area (Å²) in [7, 11) is 4.55. The van der Waals surface area contributed by atoms with Crippen molar-refractivity contribution in [1.29, 1.82) is 0 Å². The lowest BCUT2D eigenvalue weighted by Crippen LogP contribution is -2.06. The van der Waals surface area contributed by atoms with Gasteiger partial charge in [0.2, 0.25) is 5.75 Å². The lowest BCUT2D eigenvalue weighted by Gasteiger charge is -2.15. The number of ketones is 1. The summed E-state index contributed by atoms with van der Waals surface area (Å²) in [5, 5.41) is 0. The molecule has 0 aliphatic carbocycles. The van der Waals surface area contributed by atoms with Crippen molar-refractivity contribution >= 4 is 28.4 Å². The van der Waals surface area contributed by atoms with Crippen LogP contribution in [0, 0.1) is 3.57 Å². The van der Waals surface area contributed by atoms with Crippen molar-refractivity contribution in [2.75, 3.05) is 21.3 Å². The van der Waals surface area contributed by atoms with Gasteiger partial charge in [0.05, 0.1) is 26.9 Å². The zero-order valence-electron chi connectivity index (χ0n) is 12.0. The molecule has 0 spiro atoms. The van der Waals surface area contributed by atoms with Crippen molar-refractivity contribution in [3.05, 3.63) is 51.1 Å². The molecule has 0 aliphatic heterocycles. The maximum atomic E-state index is 12.6. The van der Waals surface area contributed by atoms with Gasteiger partial charge in [-0.1, -0.05) is 0 Å². The second kappa shape index (κ2) is 6.80. The van der Waals surface area contributed by atoms with Crippen molar-refractivity contribution in [3.8, 4) is 17.2 Å². The van der Waals surface area contributed by atoms with Gasteiger partial charge in [-0.05, 0) is 59.0 Å². The molecule has 110 valence electrons. The van der Waals surface area contributed by atoms with Crippen LogP contribution in [0.5, 0.6) is 17.2 Å². The third kappa shape index (κ3) is 3.12. The highest BCUT2D eigenvalue weighted by molar-refractivity contribution is 14.1. The number of rotatable bonds is 5. The van der Waals surface area contributed by atoms with Gasteiger partial charge in [0.25, 0.3) is 0 Å². The molecule has 0 saturated carbocycles. The summed E-state index contributed by atoms with van der Waals surface area (Å²) in [6.45, 7) is 0. The first-order valence-corrected chi connectivity index (χ1v) is 7.29. The standard InChI is InChI=1S/C16H15IO4/c1-19-13-9-8-12(15(20-2)16(13)21-3)14(18)10-4-6-11(17)7-5-10/h4-9H,1-3H3. The number of halogens is 1. The summed E-state index contributed by atoms with van der Waals surface area (Å²) in [5.41, 5.74) is 1.04. The van der Waals surface area contributed by atoms with Crippen molar-refractivity contribution in [3.63, 3.8) is 0 Å². The van der Waals surface area contributed by atoms with Crippen molar-refractivity contribution in [1.82, 2.24) is 0 Å². The number of hydrogen-bond acceptors (Lipinski definition) is 4. The first-order valence-electron chi connectivity index (χ1n) is 6.21. The Kier molecular flexibility index (Phi) is 5.06. The van der Waals surface area contributed by atoms with Crippen LogP contribution in [0.2, 0.25) is 0 Å². The van der Waals surface area contributed by atoms with E-state index in [9.17, 15) is 4.79 Å². The molecule has 0 radical (unpaired) electrons. The fourth-order valence-electron chi connectivity index (χ4n) is 2.04. The van der Waals surface area contributed by atoms with Crippen LogP contribution in [-0.2, 0) is 0 Å². The van der Waals surface area contributed by atoms with Crippen LogP contribution in [0.1, 0.15) is 15.9 Å². The van der Waals surface area contributed by atoms with Crippen LogP contribution in [0.15, 0.2) is 36.4 Å². The molecule has 4 nitrogen and oxygen atoms in total. The first kappa shape index (κ1) is 15.6. The van der Waals surface area contributed by atoms with Crippen LogP contribution < -0.4 is 14.2 Å². The van der Waals surface area contributed by atoms with Gasteiger partial charge < -0.3 is 14.2 Å². The predicted molar refractivity (Wildman–Crippen MR) is 88.7 cm³/mol. The molecule has 0 fully saturated rings. The molecule has 0 amide bonds. The van der Waals surface area contributed by atoms with Crippen LogP contribution >= 0.6 is 22.6 Å². The van der Waals surface area contributed by atoms with E-state index in [1.54, 1.807) is 24.3 Å². The molecule has 0 N–H and O–H groups in total. The normalized spacial score (nSPS) is 10.1. The van der Waals surface area contributed by atoms with Crippen molar-refractivity contribution in [2.24, 2.45) is 0 Å². The number of carbonyl (C=O) groups excluding carboxylic acids is 1. The Bertz CT molecular complexity index is 650. The zero-order chi connectivity index (χ0) is 15.4. The van der Waals surface area contributed by atoms with E-state index in [0.29, 0.717) is 28.4 Å². The monoisotopic (exact) mass is 398 g/mol. The molecular weight excluding hydrogens is 383 g/mol. The number of carbonyl (C=O) groups is 1. The number of benzene rings is 2. The Morgan fingerprint density at radius 3 is 2.00 bits per heavy atom. The number of methoxy groups -OCH3 is 3. The van der Waals surface area contributed by atoms with Gasteiger partial charge in [0, 0.05) is 9.13 Å². The lowest BCUT2D eigenvalue weighted by atomic mass is 10.0. The molecule has 5 heteroatoms. The number of ether oxygens (including phenoxy) is 3. The highest BCUT2D eigenvalue weighted by Gasteiger charge is 2.21. The highest BCUT2D eigenvalue weighted by atomic mass is 127. The molecule has 2 aromatic rings. The molecule has 0 atom stereocenters. The molecule has 0 heterocycles. The van der Waals surface area contributed by atoms with Crippen LogP contribution in [0.25, 0.3) is 0 Å². The summed E-state index contributed by atoms with van der Waals surface area (Å²) in [6.07, 6.45) is 0. The topological polar surface area (TPSA) is 44.8 Å². The van der Waals surface area contributed by atoms with Crippen LogP contribution in [0.3, 0.4) is 0 Å². The molecule has 0 aromatic heterocycles. The maximum absolute atomic E-state index is 12.6. The van der Waals surface area contributed by atoms with E-state index in [4.69, 9.17) is 14.2 Å². The number of hydrogen-bond donors (Lipinski definition) is 0. The fourth-order valence-corrected chi connectivity index (χ4v) is 2.40. The van der Waals surface area contributed by atoms with Gasteiger partial charge >= 0.3 is 0 Å². The van der Waals surface area contributed by atoms with E-state index in [1.165, 1.54) is 21.3 Å². The molecule has 0 bridgehead atoms. The Morgan fingerprint density at radius 1 is 0.857 bits per heavy atom. The van der Waals surface area contributed by atoms with Gasteiger partial charge in [-0.2, -0.15) is 0 Å². The molecule has 0 saturated heterocycles. The lowest BCUT2D eigenvalue weighted by molar-refractivity contribution is 0.103. The van der Waals surface area contributed by atoms with Crippen LogP contribution in [0.4, 0.5) is 0 Å². The molecule has 2 aromatic carbocycles. The average molecular weight is 398 g/mol. The molecule has 21 heavy (non-hydrogen) atoms. The molecular formula is C16H15IO4. The van der Waals surface area contributed by atoms with E-state index < -0.39 is 0 Å². The summed E-state index contributed by atoms with van der Waals surface area (Å²) in [4.78, 5) is 12.6. The Balaban J connectivity index is 2.53. The molecule has 0 unspecified atom stereocenters. The predicted octanol–water partition coefficient (Wildman–Crippen LogP) is 3.55. The largest absolute Gasteiger partial charge is 0.493 e. The highest BCUT2D eigenvalue weighted by Crippen LogP contribution is 2.40. The first-order chi connectivity index (χ1) is 10.1. The minimum atomic E-state index is -0.121. The third-order valence-electron chi connectivity index (χ3n) is 3.06. The summed E-state index contributed by atoms with van der Waals surface area (Å²) in [6, 6.07) is 10.7. The Morgan fingerprint density at radius 2 is 1.48 bits per heavy atom. The van der Waals surface area contributed by atoms with Crippen molar-refractivity contribution < 1.29 is 19.0 Å². The summed E-state index contributed by atoms with van der Waals surface area (Å²) >= 11 is 2.20. The van der Waals surface area contributed by atoms with Gasteiger partial charge in [0.15, 0.2) is 17.3 Å². The smallest absolute Gasteiger partial charge is 0.204 e. The Labute approximate surface area is 137 Å². The van der Waals surface area contributed by atoms with Gasteiger partial charge in [0.1, 0.15) is 0 Å². The summed E-state index contributed by atoms with van der Waals surface area (Å²) < 4.78 is 16.9. The SMILES string of the molecule is COc1ccc(C(=O)c2ccc(I)cc2)c(OC)c1OC. The van der Waals surface area contributed by atoms with Gasteiger partial charge in [-0.3, -0.25) is 4.79 Å².